The van der Waals surface area contributed by atoms with Gasteiger partial charge in [-0.05, 0) is 55.3 Å². The summed E-state index contributed by atoms with van der Waals surface area (Å²) in [6.07, 6.45) is 1.90. The highest BCUT2D eigenvalue weighted by Crippen LogP contribution is 2.31. The minimum absolute atomic E-state index is 0.0993. The van der Waals surface area contributed by atoms with Crippen LogP contribution < -0.4 is 5.32 Å². The molecule has 2 aromatic heterocycles. The number of nitrogens with zero attached hydrogens (tertiary/aromatic N) is 3. The molecule has 0 aliphatic heterocycles. The SMILES string of the molecule is Cc1cc(C)cc(NC(=O)Cn2cc(-c3nnc(-c4ccccc4)o3)c3ccccc32)c1. The lowest BCUT2D eigenvalue weighted by Crippen LogP contribution is -2.18. The average Bonchev–Trinajstić information content (AvgIpc) is 3.39. The van der Waals surface area contributed by atoms with Crippen LogP contribution in [0.2, 0.25) is 0 Å². The van der Waals surface area contributed by atoms with Crippen LogP contribution in [0, 0.1) is 13.8 Å². The van der Waals surface area contributed by atoms with E-state index in [9.17, 15) is 4.79 Å². The largest absolute Gasteiger partial charge is 0.416 e. The Morgan fingerprint density at radius 2 is 1.59 bits per heavy atom. The molecule has 6 nitrogen and oxygen atoms in total. The molecule has 0 radical (unpaired) electrons. The van der Waals surface area contributed by atoms with Crippen LogP contribution in [0.3, 0.4) is 0 Å². The van der Waals surface area contributed by atoms with Crippen LogP contribution in [0.1, 0.15) is 11.1 Å². The highest BCUT2D eigenvalue weighted by molar-refractivity contribution is 5.96. The molecule has 0 saturated heterocycles. The Labute approximate surface area is 185 Å². The first-order valence-electron chi connectivity index (χ1n) is 10.4. The standard InChI is InChI=1S/C26H22N4O2/c1-17-12-18(2)14-20(13-17)27-24(31)16-30-15-22(21-10-6-7-11-23(21)30)26-29-28-25(32-26)19-8-4-3-5-9-19/h3-15H,16H2,1-2H3,(H,27,31). The predicted molar refractivity (Wildman–Crippen MR) is 125 cm³/mol. The van der Waals surface area contributed by atoms with Gasteiger partial charge in [0, 0.05) is 28.4 Å². The van der Waals surface area contributed by atoms with Crippen molar-refractivity contribution in [1.82, 2.24) is 14.8 Å². The molecule has 5 rings (SSSR count). The summed E-state index contributed by atoms with van der Waals surface area (Å²) in [6.45, 7) is 4.21. The van der Waals surface area contributed by atoms with Crippen molar-refractivity contribution in [3.05, 3.63) is 90.1 Å². The fourth-order valence-corrected chi connectivity index (χ4v) is 3.98. The molecule has 3 aromatic carbocycles. The number of rotatable bonds is 5. The molecule has 0 atom stereocenters. The van der Waals surface area contributed by atoms with Gasteiger partial charge >= 0.3 is 0 Å². The van der Waals surface area contributed by atoms with E-state index in [2.05, 4.69) is 21.6 Å². The van der Waals surface area contributed by atoms with Crippen LogP contribution >= 0.6 is 0 Å². The molecule has 0 unspecified atom stereocenters. The molecule has 1 N–H and O–H groups in total. The first kappa shape index (κ1) is 19.8. The van der Waals surface area contributed by atoms with Crippen LogP contribution in [-0.4, -0.2) is 20.7 Å². The second-order valence-electron chi connectivity index (χ2n) is 7.89. The van der Waals surface area contributed by atoms with E-state index in [1.165, 1.54) is 0 Å². The zero-order valence-electron chi connectivity index (χ0n) is 17.9. The molecule has 0 fully saturated rings. The molecule has 0 aliphatic carbocycles. The normalized spacial score (nSPS) is 11.1. The molecular weight excluding hydrogens is 400 g/mol. The lowest BCUT2D eigenvalue weighted by molar-refractivity contribution is -0.116. The molecule has 0 spiro atoms. The molecular formula is C26H22N4O2. The van der Waals surface area contributed by atoms with Crippen molar-refractivity contribution in [2.24, 2.45) is 0 Å². The summed E-state index contributed by atoms with van der Waals surface area (Å²) in [5.41, 5.74) is 5.61. The van der Waals surface area contributed by atoms with Gasteiger partial charge in [0.1, 0.15) is 6.54 Å². The minimum Gasteiger partial charge on any atom is -0.416 e. The van der Waals surface area contributed by atoms with E-state index in [0.717, 1.165) is 38.8 Å². The lowest BCUT2D eigenvalue weighted by Gasteiger charge is -2.09. The highest BCUT2D eigenvalue weighted by Gasteiger charge is 2.17. The number of hydrogen-bond donors (Lipinski definition) is 1. The molecule has 5 aromatic rings. The van der Waals surface area contributed by atoms with Gasteiger partial charge in [0.25, 0.3) is 0 Å². The topological polar surface area (TPSA) is 73.0 Å². The number of anilines is 1. The average molecular weight is 422 g/mol. The summed E-state index contributed by atoms with van der Waals surface area (Å²) in [5.74, 6) is 0.788. The Morgan fingerprint density at radius 1 is 0.906 bits per heavy atom. The van der Waals surface area contributed by atoms with Crippen LogP contribution in [0.15, 0.2) is 83.4 Å². The Hall–Kier alpha value is -4.19. The second kappa shape index (κ2) is 8.15. The van der Waals surface area contributed by atoms with E-state index in [4.69, 9.17) is 4.42 Å². The zero-order chi connectivity index (χ0) is 22.1. The third-order valence-electron chi connectivity index (χ3n) is 5.28. The Bertz CT molecular complexity index is 1400. The van der Waals surface area contributed by atoms with Crippen molar-refractivity contribution in [2.45, 2.75) is 20.4 Å². The third-order valence-corrected chi connectivity index (χ3v) is 5.28. The number of carbonyl (C=O) groups excluding carboxylic acids is 1. The zero-order valence-corrected chi connectivity index (χ0v) is 17.9. The molecule has 158 valence electrons. The molecule has 32 heavy (non-hydrogen) atoms. The molecule has 6 heteroatoms. The number of aromatic nitrogens is 3. The molecule has 0 aliphatic rings. The van der Waals surface area contributed by atoms with Gasteiger partial charge in [-0.15, -0.1) is 10.2 Å². The highest BCUT2D eigenvalue weighted by atomic mass is 16.4. The first-order valence-corrected chi connectivity index (χ1v) is 10.4. The van der Waals surface area contributed by atoms with Gasteiger partial charge in [-0.3, -0.25) is 4.79 Å². The van der Waals surface area contributed by atoms with Crippen LogP contribution in [0.4, 0.5) is 5.69 Å². The van der Waals surface area contributed by atoms with Gasteiger partial charge in [-0.1, -0.05) is 42.5 Å². The number of aryl methyl sites for hydroxylation is 2. The van der Waals surface area contributed by atoms with Gasteiger partial charge in [0.2, 0.25) is 17.7 Å². The number of benzene rings is 3. The summed E-state index contributed by atoms with van der Waals surface area (Å²) >= 11 is 0. The maximum atomic E-state index is 12.8. The fraction of sp³-hybridized carbons (Fsp3) is 0.115. The van der Waals surface area contributed by atoms with E-state index in [0.29, 0.717) is 11.8 Å². The maximum Gasteiger partial charge on any atom is 0.250 e. The van der Waals surface area contributed by atoms with E-state index in [-0.39, 0.29) is 12.5 Å². The molecule has 1 amide bonds. The molecule has 0 saturated carbocycles. The van der Waals surface area contributed by atoms with Crippen molar-refractivity contribution in [3.63, 3.8) is 0 Å². The monoisotopic (exact) mass is 422 g/mol. The summed E-state index contributed by atoms with van der Waals surface area (Å²) in [7, 11) is 0. The minimum atomic E-state index is -0.0993. The second-order valence-corrected chi connectivity index (χ2v) is 7.89. The van der Waals surface area contributed by atoms with Gasteiger partial charge < -0.3 is 14.3 Å². The first-order chi connectivity index (χ1) is 15.6. The third kappa shape index (κ3) is 3.90. The number of carbonyl (C=O) groups is 1. The summed E-state index contributed by atoms with van der Waals surface area (Å²) < 4.78 is 7.88. The predicted octanol–water partition coefficient (Wildman–Crippen LogP) is 5.61. The number of nitrogens with one attached hydrogen (secondary N) is 1. The lowest BCUT2D eigenvalue weighted by atomic mass is 10.1. The van der Waals surface area contributed by atoms with Crippen molar-refractivity contribution in [1.29, 1.82) is 0 Å². The molecule has 2 heterocycles. The van der Waals surface area contributed by atoms with Gasteiger partial charge in [0.05, 0.1) is 5.56 Å². The van der Waals surface area contributed by atoms with Crippen molar-refractivity contribution >= 4 is 22.5 Å². The van der Waals surface area contributed by atoms with E-state index >= 15 is 0 Å². The smallest absolute Gasteiger partial charge is 0.250 e. The van der Waals surface area contributed by atoms with E-state index < -0.39 is 0 Å². The van der Waals surface area contributed by atoms with E-state index in [1.807, 2.05) is 91.3 Å². The van der Waals surface area contributed by atoms with E-state index in [1.54, 1.807) is 0 Å². The van der Waals surface area contributed by atoms with Crippen LogP contribution in [0.5, 0.6) is 0 Å². The van der Waals surface area contributed by atoms with Crippen molar-refractivity contribution in [3.8, 4) is 22.9 Å². The summed E-state index contributed by atoms with van der Waals surface area (Å²) in [4.78, 5) is 12.8. The molecule has 0 bridgehead atoms. The van der Waals surface area contributed by atoms with Crippen molar-refractivity contribution < 1.29 is 9.21 Å². The quantitative estimate of drug-likeness (QED) is 0.399. The Morgan fingerprint density at radius 3 is 2.38 bits per heavy atom. The van der Waals surface area contributed by atoms with Crippen LogP contribution in [0.25, 0.3) is 33.8 Å². The Balaban J connectivity index is 1.45. The maximum absolute atomic E-state index is 12.8. The van der Waals surface area contributed by atoms with Crippen molar-refractivity contribution in [2.75, 3.05) is 5.32 Å². The fourth-order valence-electron chi connectivity index (χ4n) is 3.98. The number of fused-ring (bicyclic) bond motifs is 1. The number of hydrogen-bond acceptors (Lipinski definition) is 4. The van der Waals surface area contributed by atoms with Crippen LogP contribution in [-0.2, 0) is 11.3 Å². The number of para-hydroxylation sites is 1. The van der Waals surface area contributed by atoms with Gasteiger partial charge in [-0.25, -0.2) is 0 Å². The summed E-state index contributed by atoms with van der Waals surface area (Å²) in [6, 6.07) is 23.6. The number of amides is 1. The Kier molecular flexibility index (Phi) is 5.03. The van der Waals surface area contributed by atoms with Gasteiger partial charge in [-0.2, -0.15) is 0 Å². The summed E-state index contributed by atoms with van der Waals surface area (Å²) in [5, 5.41) is 12.4. The van der Waals surface area contributed by atoms with Gasteiger partial charge in [0.15, 0.2) is 0 Å².